The van der Waals surface area contributed by atoms with E-state index in [1.807, 2.05) is 33.4 Å². The van der Waals surface area contributed by atoms with Gasteiger partial charge in [0.2, 0.25) is 0 Å². The van der Waals surface area contributed by atoms with E-state index in [4.69, 9.17) is 0 Å². The van der Waals surface area contributed by atoms with Gasteiger partial charge in [0.1, 0.15) is 5.82 Å². The van der Waals surface area contributed by atoms with Crippen molar-refractivity contribution in [1.29, 1.82) is 0 Å². The summed E-state index contributed by atoms with van der Waals surface area (Å²) in [6.07, 6.45) is 8.90. The number of nitrogens with zero attached hydrogens (tertiary/aromatic N) is 6. The van der Waals surface area contributed by atoms with Crippen molar-refractivity contribution < 1.29 is 0 Å². The van der Waals surface area contributed by atoms with Crippen LogP contribution in [0.2, 0.25) is 0 Å². The Morgan fingerprint density at radius 2 is 1.64 bits per heavy atom. The van der Waals surface area contributed by atoms with Crippen LogP contribution in [0.3, 0.4) is 0 Å². The number of pyridine rings is 2. The minimum absolute atomic E-state index is 0.0279. The standard InChI is InChI=1S/C20H19N7O/c28-20-26(14-4-5-14)18-19(23-9-8-22-18)27(20)15-10-13(11-15)24-16-6-3-12-2-1-7-21-17(12)25-16/h1-3,6-9,13-15H,4-5,10-11H2,(H,21,24,25). The van der Waals surface area contributed by atoms with E-state index in [-0.39, 0.29) is 23.8 Å². The van der Waals surface area contributed by atoms with Gasteiger partial charge in [-0.15, -0.1) is 0 Å². The summed E-state index contributed by atoms with van der Waals surface area (Å²) in [4.78, 5) is 30.8. The van der Waals surface area contributed by atoms with E-state index in [2.05, 4.69) is 25.3 Å². The number of nitrogens with one attached hydrogen (secondary N) is 1. The smallest absolute Gasteiger partial charge is 0.332 e. The summed E-state index contributed by atoms with van der Waals surface area (Å²) in [6.45, 7) is 0. The summed E-state index contributed by atoms with van der Waals surface area (Å²) in [5.74, 6) is 0.821. The van der Waals surface area contributed by atoms with E-state index in [9.17, 15) is 4.79 Å². The lowest BCUT2D eigenvalue weighted by atomic mass is 9.86. The van der Waals surface area contributed by atoms with Gasteiger partial charge in [0, 0.05) is 42.1 Å². The Morgan fingerprint density at radius 1 is 0.893 bits per heavy atom. The number of rotatable bonds is 4. The average Bonchev–Trinajstić information content (AvgIpc) is 3.48. The molecule has 1 N–H and O–H groups in total. The SMILES string of the molecule is O=c1n(C2CC2)c2nccnc2n1C1CC(Nc2ccc3cccnc3n2)C1. The van der Waals surface area contributed by atoms with E-state index in [1.54, 1.807) is 18.6 Å². The zero-order valence-corrected chi connectivity index (χ0v) is 15.2. The van der Waals surface area contributed by atoms with E-state index < -0.39 is 0 Å². The summed E-state index contributed by atoms with van der Waals surface area (Å²) in [7, 11) is 0. The Hall–Kier alpha value is -3.29. The first-order valence-corrected chi connectivity index (χ1v) is 9.70. The molecule has 4 heterocycles. The van der Waals surface area contributed by atoms with Gasteiger partial charge in [0.25, 0.3) is 0 Å². The highest BCUT2D eigenvalue weighted by Crippen LogP contribution is 2.38. The molecule has 0 amide bonds. The van der Waals surface area contributed by atoms with Crippen LogP contribution in [0, 0.1) is 0 Å². The van der Waals surface area contributed by atoms with E-state index in [1.165, 1.54) is 0 Å². The molecule has 0 aliphatic heterocycles. The van der Waals surface area contributed by atoms with Crippen molar-refractivity contribution in [2.45, 2.75) is 43.8 Å². The molecule has 28 heavy (non-hydrogen) atoms. The van der Waals surface area contributed by atoms with Gasteiger partial charge >= 0.3 is 5.69 Å². The van der Waals surface area contributed by atoms with Crippen molar-refractivity contribution in [3.63, 3.8) is 0 Å². The lowest BCUT2D eigenvalue weighted by molar-refractivity contribution is 0.279. The number of fused-ring (bicyclic) bond motifs is 2. The van der Waals surface area contributed by atoms with Crippen LogP contribution in [0.5, 0.6) is 0 Å². The Balaban J connectivity index is 1.25. The van der Waals surface area contributed by atoms with E-state index in [0.29, 0.717) is 11.3 Å². The number of hydrogen-bond acceptors (Lipinski definition) is 6. The summed E-state index contributed by atoms with van der Waals surface area (Å²) >= 11 is 0. The van der Waals surface area contributed by atoms with Crippen molar-refractivity contribution in [3.8, 4) is 0 Å². The maximum atomic E-state index is 13.0. The molecule has 0 radical (unpaired) electrons. The molecule has 0 atom stereocenters. The minimum Gasteiger partial charge on any atom is -0.367 e. The van der Waals surface area contributed by atoms with E-state index in [0.717, 1.165) is 42.5 Å². The van der Waals surface area contributed by atoms with Crippen LogP contribution >= 0.6 is 0 Å². The second-order valence-corrected chi connectivity index (χ2v) is 7.67. The molecular weight excluding hydrogens is 354 g/mol. The van der Waals surface area contributed by atoms with Gasteiger partial charge in [-0.3, -0.25) is 9.13 Å². The van der Waals surface area contributed by atoms with Gasteiger partial charge in [0.05, 0.1) is 0 Å². The van der Waals surface area contributed by atoms with Gasteiger partial charge in [-0.1, -0.05) is 0 Å². The first kappa shape index (κ1) is 15.7. The molecule has 4 aromatic heterocycles. The lowest BCUT2D eigenvalue weighted by Gasteiger charge is -2.36. The first-order valence-electron chi connectivity index (χ1n) is 9.70. The molecule has 2 aliphatic carbocycles. The third kappa shape index (κ3) is 2.41. The Morgan fingerprint density at radius 3 is 2.39 bits per heavy atom. The van der Waals surface area contributed by atoms with Gasteiger partial charge in [-0.25, -0.2) is 24.7 Å². The molecule has 8 nitrogen and oxygen atoms in total. The van der Waals surface area contributed by atoms with Crippen LogP contribution in [0.15, 0.2) is 47.7 Å². The fraction of sp³-hybridized carbons (Fsp3) is 0.350. The molecule has 0 unspecified atom stereocenters. The predicted molar refractivity (Wildman–Crippen MR) is 105 cm³/mol. The van der Waals surface area contributed by atoms with Crippen LogP contribution in [0.1, 0.15) is 37.8 Å². The molecule has 6 rings (SSSR count). The molecule has 0 spiro atoms. The van der Waals surface area contributed by atoms with E-state index >= 15 is 0 Å². The van der Waals surface area contributed by atoms with Crippen molar-refractivity contribution in [3.05, 3.63) is 53.3 Å². The summed E-state index contributed by atoms with van der Waals surface area (Å²) in [5.41, 5.74) is 2.19. The zero-order valence-electron chi connectivity index (χ0n) is 15.2. The number of anilines is 1. The van der Waals surface area contributed by atoms with Crippen LogP contribution < -0.4 is 11.0 Å². The van der Waals surface area contributed by atoms with Gasteiger partial charge in [-0.2, -0.15) is 0 Å². The quantitative estimate of drug-likeness (QED) is 0.591. The molecule has 0 bridgehead atoms. The topological polar surface area (TPSA) is 90.5 Å². The third-order valence-corrected chi connectivity index (χ3v) is 5.74. The normalized spacial score (nSPS) is 21.7. The van der Waals surface area contributed by atoms with Crippen LogP contribution in [0.25, 0.3) is 22.3 Å². The van der Waals surface area contributed by atoms with Crippen LogP contribution in [-0.2, 0) is 0 Å². The van der Waals surface area contributed by atoms with Gasteiger partial charge in [0.15, 0.2) is 16.9 Å². The van der Waals surface area contributed by atoms with Crippen molar-refractivity contribution in [1.82, 2.24) is 29.1 Å². The Kier molecular flexibility index (Phi) is 3.29. The number of imidazole rings is 1. The highest BCUT2D eigenvalue weighted by molar-refractivity contribution is 5.76. The Bertz CT molecular complexity index is 1250. The van der Waals surface area contributed by atoms with Gasteiger partial charge in [-0.05, 0) is 49.9 Å². The molecule has 2 aliphatic rings. The van der Waals surface area contributed by atoms with Crippen molar-refractivity contribution in [2.24, 2.45) is 0 Å². The lowest BCUT2D eigenvalue weighted by Crippen LogP contribution is -2.41. The second-order valence-electron chi connectivity index (χ2n) is 7.67. The largest absolute Gasteiger partial charge is 0.367 e. The zero-order chi connectivity index (χ0) is 18.7. The first-order chi connectivity index (χ1) is 13.8. The predicted octanol–water partition coefficient (Wildman–Crippen LogP) is 2.69. The maximum Gasteiger partial charge on any atom is 0.332 e. The fourth-order valence-electron chi connectivity index (χ4n) is 4.11. The fourth-order valence-corrected chi connectivity index (χ4v) is 4.11. The number of aromatic nitrogens is 6. The van der Waals surface area contributed by atoms with Crippen molar-refractivity contribution in [2.75, 3.05) is 5.32 Å². The molecule has 2 fully saturated rings. The average molecular weight is 373 g/mol. The van der Waals surface area contributed by atoms with Crippen molar-refractivity contribution >= 4 is 28.1 Å². The summed E-state index contributed by atoms with van der Waals surface area (Å²) in [6, 6.07) is 8.62. The summed E-state index contributed by atoms with van der Waals surface area (Å²) < 4.78 is 3.67. The molecule has 4 aromatic rings. The Labute approximate surface area is 160 Å². The number of hydrogen-bond donors (Lipinski definition) is 1. The molecule has 0 saturated heterocycles. The summed E-state index contributed by atoms with van der Waals surface area (Å²) in [5, 5.41) is 4.50. The molecule has 140 valence electrons. The molecule has 8 heteroatoms. The maximum absolute atomic E-state index is 13.0. The van der Waals surface area contributed by atoms with Gasteiger partial charge < -0.3 is 5.32 Å². The third-order valence-electron chi connectivity index (χ3n) is 5.74. The molecule has 2 saturated carbocycles. The van der Waals surface area contributed by atoms with Crippen LogP contribution in [-0.4, -0.2) is 35.1 Å². The highest BCUT2D eigenvalue weighted by Gasteiger charge is 2.37. The monoisotopic (exact) mass is 373 g/mol. The molecular formula is C20H19N7O. The minimum atomic E-state index is 0.0279. The highest BCUT2D eigenvalue weighted by atomic mass is 16.2. The van der Waals surface area contributed by atoms with Crippen LogP contribution in [0.4, 0.5) is 5.82 Å². The molecule has 0 aromatic carbocycles. The second kappa shape index (κ2) is 5.85.